The molecule has 1 saturated carbocycles. The van der Waals surface area contributed by atoms with Crippen molar-refractivity contribution in [3.8, 4) is 0 Å². The highest BCUT2D eigenvalue weighted by Crippen LogP contribution is 2.45. The Morgan fingerprint density at radius 3 is 2.29 bits per heavy atom. The van der Waals surface area contributed by atoms with Crippen molar-refractivity contribution < 1.29 is 18.0 Å². The molecular weight excluding hydrogens is 233 g/mol. The van der Waals surface area contributed by atoms with E-state index in [1.165, 1.54) is 4.90 Å². The first-order valence-corrected chi connectivity index (χ1v) is 5.73. The molecule has 2 atom stereocenters. The smallest absolute Gasteiger partial charge is 0.340 e. The van der Waals surface area contributed by atoms with Crippen LogP contribution in [0.25, 0.3) is 0 Å². The van der Waals surface area contributed by atoms with Crippen LogP contribution in [0.15, 0.2) is 0 Å². The Kier molecular flexibility index (Phi) is 2.51. The largest absolute Gasteiger partial charge is 0.402 e. The van der Waals surface area contributed by atoms with Gasteiger partial charge in [0.1, 0.15) is 5.41 Å². The second-order valence-corrected chi connectivity index (χ2v) is 5.78. The van der Waals surface area contributed by atoms with Gasteiger partial charge < -0.3 is 10.6 Å². The SMILES string of the molecule is CC(C)(C(=O)N1C[C@@H]2CC[C@]2(N)C1)C(F)(F)F. The van der Waals surface area contributed by atoms with Crippen molar-refractivity contribution >= 4 is 5.91 Å². The zero-order valence-corrected chi connectivity index (χ0v) is 9.97. The predicted octanol–water partition coefficient (Wildman–Crippen LogP) is 1.52. The van der Waals surface area contributed by atoms with Gasteiger partial charge in [-0.2, -0.15) is 13.2 Å². The third kappa shape index (κ3) is 1.73. The molecule has 1 amide bonds. The van der Waals surface area contributed by atoms with Crippen LogP contribution in [0.5, 0.6) is 0 Å². The van der Waals surface area contributed by atoms with E-state index in [1.54, 1.807) is 0 Å². The molecule has 0 aromatic carbocycles. The van der Waals surface area contributed by atoms with Gasteiger partial charge in [-0.15, -0.1) is 0 Å². The van der Waals surface area contributed by atoms with E-state index in [-0.39, 0.29) is 12.5 Å². The second-order valence-electron chi connectivity index (χ2n) is 5.78. The van der Waals surface area contributed by atoms with Crippen LogP contribution in [-0.4, -0.2) is 35.6 Å². The van der Waals surface area contributed by atoms with Crippen molar-refractivity contribution in [1.29, 1.82) is 0 Å². The monoisotopic (exact) mass is 250 g/mol. The third-order valence-electron chi connectivity index (χ3n) is 4.23. The zero-order chi connectivity index (χ0) is 13.1. The Morgan fingerprint density at radius 1 is 1.41 bits per heavy atom. The number of rotatable bonds is 1. The van der Waals surface area contributed by atoms with E-state index in [9.17, 15) is 18.0 Å². The van der Waals surface area contributed by atoms with Crippen molar-refractivity contribution in [2.75, 3.05) is 13.1 Å². The molecule has 2 N–H and O–H groups in total. The van der Waals surface area contributed by atoms with Gasteiger partial charge in [0, 0.05) is 18.6 Å². The van der Waals surface area contributed by atoms with Crippen molar-refractivity contribution in [2.24, 2.45) is 17.1 Å². The minimum atomic E-state index is -4.52. The van der Waals surface area contributed by atoms with Crippen LogP contribution < -0.4 is 5.73 Å². The fourth-order valence-electron chi connectivity index (χ4n) is 2.56. The molecule has 3 nitrogen and oxygen atoms in total. The molecule has 2 aliphatic rings. The van der Waals surface area contributed by atoms with E-state index >= 15 is 0 Å². The number of nitrogens with two attached hydrogens (primary N) is 1. The summed E-state index contributed by atoms with van der Waals surface area (Å²) in [5, 5.41) is 0. The maximum Gasteiger partial charge on any atom is 0.402 e. The standard InChI is InChI=1S/C11H17F3N2O/c1-9(2,11(12,13)14)8(17)16-5-7-3-4-10(7,15)6-16/h7H,3-6,15H2,1-2H3/t7-,10-/m0/s1. The Bertz CT molecular complexity index is 353. The van der Waals surface area contributed by atoms with Gasteiger partial charge in [0.25, 0.3) is 0 Å². The number of alkyl halides is 3. The normalized spacial score (nSPS) is 33.3. The molecule has 17 heavy (non-hydrogen) atoms. The Morgan fingerprint density at radius 2 is 2.00 bits per heavy atom. The lowest BCUT2D eigenvalue weighted by molar-refractivity contribution is -0.216. The van der Waals surface area contributed by atoms with Gasteiger partial charge in [-0.1, -0.05) is 0 Å². The number of fused-ring (bicyclic) bond motifs is 1. The van der Waals surface area contributed by atoms with Crippen LogP contribution in [0.3, 0.4) is 0 Å². The van der Waals surface area contributed by atoms with Crippen LogP contribution in [0.2, 0.25) is 0 Å². The average molecular weight is 250 g/mol. The number of hydrogen-bond acceptors (Lipinski definition) is 2. The maximum absolute atomic E-state index is 12.8. The summed E-state index contributed by atoms with van der Waals surface area (Å²) in [6.45, 7) is 2.49. The van der Waals surface area contributed by atoms with Gasteiger partial charge in [-0.3, -0.25) is 4.79 Å². The van der Waals surface area contributed by atoms with Gasteiger partial charge in [-0.25, -0.2) is 0 Å². The molecule has 2 fully saturated rings. The zero-order valence-electron chi connectivity index (χ0n) is 9.97. The van der Waals surface area contributed by atoms with Gasteiger partial charge >= 0.3 is 6.18 Å². The molecule has 6 heteroatoms. The lowest BCUT2D eigenvalue weighted by atomic mass is 9.70. The van der Waals surface area contributed by atoms with E-state index in [0.717, 1.165) is 26.7 Å². The maximum atomic E-state index is 12.8. The Hall–Kier alpha value is -0.780. The quantitative estimate of drug-likeness (QED) is 0.767. The lowest BCUT2D eigenvalue weighted by Gasteiger charge is -2.40. The fraction of sp³-hybridized carbons (Fsp3) is 0.909. The first-order chi connectivity index (χ1) is 7.58. The summed E-state index contributed by atoms with van der Waals surface area (Å²) in [7, 11) is 0. The van der Waals surface area contributed by atoms with Gasteiger partial charge in [0.2, 0.25) is 5.91 Å². The van der Waals surface area contributed by atoms with E-state index in [2.05, 4.69) is 0 Å². The van der Waals surface area contributed by atoms with Gasteiger partial charge in [0.05, 0.1) is 0 Å². The van der Waals surface area contributed by atoms with E-state index < -0.39 is 23.0 Å². The molecule has 0 aromatic heterocycles. The fourth-order valence-corrected chi connectivity index (χ4v) is 2.56. The first-order valence-electron chi connectivity index (χ1n) is 5.73. The number of halogens is 3. The molecule has 0 spiro atoms. The summed E-state index contributed by atoms with van der Waals surface area (Å²) in [5.41, 5.74) is 3.25. The van der Waals surface area contributed by atoms with E-state index in [0.29, 0.717) is 6.54 Å². The molecule has 0 aromatic rings. The molecular formula is C11H17F3N2O. The third-order valence-corrected chi connectivity index (χ3v) is 4.23. The minimum Gasteiger partial charge on any atom is -0.340 e. The van der Waals surface area contributed by atoms with Gasteiger partial charge in [-0.05, 0) is 32.6 Å². The number of carbonyl (C=O) groups excluding carboxylic acids is 1. The van der Waals surface area contributed by atoms with E-state index in [4.69, 9.17) is 5.73 Å². The molecule has 2 rings (SSSR count). The molecule has 0 unspecified atom stereocenters. The summed E-state index contributed by atoms with van der Waals surface area (Å²) in [5.74, 6) is -0.681. The molecule has 98 valence electrons. The average Bonchev–Trinajstić information content (AvgIpc) is 2.39. The minimum absolute atomic E-state index is 0.176. The number of nitrogens with zero attached hydrogens (tertiary/aromatic N) is 1. The molecule has 1 saturated heterocycles. The Balaban J connectivity index is 2.12. The molecule has 0 radical (unpaired) electrons. The summed E-state index contributed by atoms with van der Waals surface area (Å²) < 4.78 is 38.3. The second kappa shape index (κ2) is 3.37. The molecule has 1 heterocycles. The van der Waals surface area contributed by atoms with Crippen LogP contribution >= 0.6 is 0 Å². The number of amides is 1. The molecule has 1 aliphatic heterocycles. The lowest BCUT2D eigenvalue weighted by Crippen LogP contribution is -2.55. The van der Waals surface area contributed by atoms with Crippen molar-refractivity contribution in [3.63, 3.8) is 0 Å². The van der Waals surface area contributed by atoms with Crippen LogP contribution in [0, 0.1) is 11.3 Å². The molecule has 1 aliphatic carbocycles. The van der Waals surface area contributed by atoms with Crippen LogP contribution in [0.1, 0.15) is 26.7 Å². The summed E-state index contributed by atoms with van der Waals surface area (Å²) in [6.07, 6.45) is -2.81. The number of carbonyl (C=O) groups is 1. The summed E-state index contributed by atoms with van der Waals surface area (Å²) in [6, 6.07) is 0. The van der Waals surface area contributed by atoms with Crippen LogP contribution in [-0.2, 0) is 4.79 Å². The predicted molar refractivity (Wildman–Crippen MR) is 56.1 cm³/mol. The Labute approximate surface area is 98.1 Å². The van der Waals surface area contributed by atoms with Gasteiger partial charge in [0.15, 0.2) is 0 Å². The highest BCUT2D eigenvalue weighted by atomic mass is 19.4. The van der Waals surface area contributed by atoms with Crippen molar-refractivity contribution in [3.05, 3.63) is 0 Å². The number of hydrogen-bond donors (Lipinski definition) is 1. The van der Waals surface area contributed by atoms with Crippen molar-refractivity contribution in [2.45, 2.75) is 38.4 Å². The van der Waals surface area contributed by atoms with E-state index in [1.807, 2.05) is 0 Å². The number of likely N-dealkylation sites (tertiary alicyclic amines) is 1. The summed E-state index contributed by atoms with van der Waals surface area (Å²) in [4.78, 5) is 13.2. The van der Waals surface area contributed by atoms with Crippen LogP contribution in [0.4, 0.5) is 13.2 Å². The topological polar surface area (TPSA) is 46.3 Å². The first kappa shape index (κ1) is 12.7. The molecule has 0 bridgehead atoms. The highest BCUT2D eigenvalue weighted by Gasteiger charge is 2.58. The van der Waals surface area contributed by atoms with Crippen molar-refractivity contribution in [1.82, 2.24) is 4.90 Å². The highest BCUT2D eigenvalue weighted by molar-refractivity contribution is 5.83. The summed E-state index contributed by atoms with van der Waals surface area (Å²) >= 11 is 0.